The molecule has 2 heterocycles. The Balaban J connectivity index is 1.43. The van der Waals surface area contributed by atoms with Gasteiger partial charge in [-0.25, -0.2) is 0 Å². The molecule has 1 aromatic rings. The van der Waals surface area contributed by atoms with Crippen molar-refractivity contribution in [2.75, 3.05) is 19.9 Å². The van der Waals surface area contributed by atoms with E-state index in [4.69, 9.17) is 9.47 Å². The van der Waals surface area contributed by atoms with Gasteiger partial charge < -0.3 is 24.8 Å². The summed E-state index contributed by atoms with van der Waals surface area (Å²) in [4.78, 5) is 12.4. The second-order valence-corrected chi connectivity index (χ2v) is 6.78. The van der Waals surface area contributed by atoms with E-state index < -0.39 is 6.61 Å². The van der Waals surface area contributed by atoms with Crippen molar-refractivity contribution in [3.05, 3.63) is 17.7 Å². The molecule has 3 aliphatic rings. The molecule has 25 heavy (non-hydrogen) atoms. The third-order valence-corrected chi connectivity index (χ3v) is 5.33. The van der Waals surface area contributed by atoms with E-state index in [9.17, 15) is 13.6 Å². The number of hydrogen-bond donors (Lipinski definition) is 2. The molecule has 0 radical (unpaired) electrons. The third kappa shape index (κ3) is 3.22. The van der Waals surface area contributed by atoms with Crippen LogP contribution in [0.5, 0.6) is 17.2 Å². The van der Waals surface area contributed by atoms with E-state index in [1.165, 1.54) is 6.07 Å². The number of carbonyl (C=O) groups excluding carboxylic acids is 1. The van der Waals surface area contributed by atoms with Crippen molar-refractivity contribution in [3.63, 3.8) is 0 Å². The maximum absolute atomic E-state index is 12.6. The van der Waals surface area contributed by atoms with Crippen LogP contribution in [0.25, 0.3) is 0 Å². The van der Waals surface area contributed by atoms with Crippen LogP contribution in [0, 0.1) is 11.3 Å². The minimum atomic E-state index is -2.95. The molecule has 0 aromatic heterocycles. The minimum absolute atomic E-state index is 0.00748. The number of rotatable bonds is 5. The molecule has 1 atom stereocenters. The summed E-state index contributed by atoms with van der Waals surface area (Å²) in [6, 6.07) is 2.95. The van der Waals surface area contributed by atoms with E-state index >= 15 is 0 Å². The zero-order valence-electron chi connectivity index (χ0n) is 13.6. The van der Waals surface area contributed by atoms with Gasteiger partial charge >= 0.3 is 6.61 Å². The highest BCUT2D eigenvalue weighted by Gasteiger charge is 2.57. The first-order valence-corrected chi connectivity index (χ1v) is 8.43. The second kappa shape index (κ2) is 6.33. The summed E-state index contributed by atoms with van der Waals surface area (Å²) in [6.07, 6.45) is 2.92. The lowest BCUT2D eigenvalue weighted by Crippen LogP contribution is -2.33. The smallest absolute Gasteiger partial charge is 0.387 e. The molecule has 1 amide bonds. The van der Waals surface area contributed by atoms with Crippen molar-refractivity contribution in [1.82, 2.24) is 10.6 Å². The Kier molecular flexibility index (Phi) is 4.15. The fourth-order valence-corrected chi connectivity index (χ4v) is 3.81. The van der Waals surface area contributed by atoms with Crippen LogP contribution in [-0.4, -0.2) is 32.4 Å². The number of carbonyl (C=O) groups is 1. The van der Waals surface area contributed by atoms with Crippen molar-refractivity contribution in [1.29, 1.82) is 0 Å². The van der Waals surface area contributed by atoms with Gasteiger partial charge in [0, 0.05) is 24.1 Å². The zero-order chi connectivity index (χ0) is 17.4. The molecule has 1 unspecified atom stereocenters. The van der Waals surface area contributed by atoms with E-state index in [2.05, 4.69) is 15.4 Å². The highest BCUT2D eigenvalue weighted by molar-refractivity contribution is 5.82. The summed E-state index contributed by atoms with van der Waals surface area (Å²) in [5, 5.41) is 6.16. The van der Waals surface area contributed by atoms with Gasteiger partial charge in [-0.1, -0.05) is 0 Å². The molecule has 8 heteroatoms. The number of halogens is 2. The highest BCUT2D eigenvalue weighted by atomic mass is 19.3. The summed E-state index contributed by atoms with van der Waals surface area (Å²) in [5.41, 5.74) is 0.574. The molecule has 1 saturated heterocycles. The standard InChI is InChI=1S/C17H20F2N2O4/c18-16(19)25-12-6-14-13(23-9-24-14)5-10(12)8-21-15(22)11-7-17(11)1-3-20-4-2-17/h5-6,11,16,20H,1-4,7-9H2,(H,21,22). The first-order chi connectivity index (χ1) is 12.1. The Morgan fingerprint density at radius 3 is 2.76 bits per heavy atom. The fourth-order valence-electron chi connectivity index (χ4n) is 3.81. The van der Waals surface area contributed by atoms with Gasteiger partial charge in [-0.15, -0.1) is 0 Å². The molecule has 0 bridgehead atoms. The Labute approximate surface area is 143 Å². The lowest BCUT2D eigenvalue weighted by Gasteiger charge is -2.23. The highest BCUT2D eigenvalue weighted by Crippen LogP contribution is 2.58. The van der Waals surface area contributed by atoms with Crippen LogP contribution in [0.15, 0.2) is 12.1 Å². The molecule has 2 fully saturated rings. The molecule has 1 saturated carbocycles. The lowest BCUT2D eigenvalue weighted by molar-refractivity contribution is -0.123. The molecular weight excluding hydrogens is 334 g/mol. The van der Waals surface area contributed by atoms with Gasteiger partial charge in [-0.2, -0.15) is 8.78 Å². The number of benzene rings is 1. The third-order valence-electron chi connectivity index (χ3n) is 5.33. The van der Waals surface area contributed by atoms with E-state index in [0.29, 0.717) is 17.1 Å². The molecule has 4 rings (SSSR count). The molecule has 1 aliphatic carbocycles. The zero-order valence-corrected chi connectivity index (χ0v) is 13.6. The van der Waals surface area contributed by atoms with Crippen LogP contribution >= 0.6 is 0 Å². The Morgan fingerprint density at radius 1 is 1.32 bits per heavy atom. The van der Waals surface area contributed by atoms with E-state index in [-0.39, 0.29) is 36.3 Å². The van der Waals surface area contributed by atoms with Gasteiger partial charge in [0.1, 0.15) is 5.75 Å². The summed E-state index contributed by atoms with van der Waals surface area (Å²) in [5.74, 6) is 0.811. The van der Waals surface area contributed by atoms with Gasteiger partial charge in [0.2, 0.25) is 12.7 Å². The summed E-state index contributed by atoms with van der Waals surface area (Å²) >= 11 is 0. The number of nitrogens with one attached hydrogen (secondary N) is 2. The Bertz CT molecular complexity index is 677. The number of piperidine rings is 1. The summed E-state index contributed by atoms with van der Waals surface area (Å²) in [7, 11) is 0. The number of amides is 1. The van der Waals surface area contributed by atoms with Gasteiger partial charge in [0.15, 0.2) is 11.5 Å². The van der Waals surface area contributed by atoms with Crippen LogP contribution in [0.2, 0.25) is 0 Å². The molecule has 6 nitrogen and oxygen atoms in total. The van der Waals surface area contributed by atoms with Crippen LogP contribution < -0.4 is 24.8 Å². The van der Waals surface area contributed by atoms with E-state index in [0.717, 1.165) is 32.4 Å². The number of hydrogen-bond acceptors (Lipinski definition) is 5. The number of alkyl halides is 2. The monoisotopic (exact) mass is 354 g/mol. The topological polar surface area (TPSA) is 68.8 Å². The van der Waals surface area contributed by atoms with Gasteiger partial charge in [-0.3, -0.25) is 4.79 Å². The normalized spacial score (nSPS) is 22.9. The number of ether oxygens (including phenoxy) is 3. The summed E-state index contributed by atoms with van der Waals surface area (Å²) in [6.45, 7) is -0.909. The first-order valence-electron chi connectivity index (χ1n) is 8.43. The average molecular weight is 354 g/mol. The predicted molar refractivity (Wildman–Crippen MR) is 83.7 cm³/mol. The predicted octanol–water partition coefficient (Wildman–Crippen LogP) is 2.02. The Hall–Kier alpha value is -2.09. The van der Waals surface area contributed by atoms with Crippen LogP contribution in [0.3, 0.4) is 0 Å². The van der Waals surface area contributed by atoms with Gasteiger partial charge in [0.05, 0.1) is 0 Å². The molecule has 2 N–H and O–H groups in total. The maximum atomic E-state index is 12.6. The second-order valence-electron chi connectivity index (χ2n) is 6.78. The molecular formula is C17H20F2N2O4. The quantitative estimate of drug-likeness (QED) is 0.847. The van der Waals surface area contributed by atoms with Crippen molar-refractivity contribution in [2.45, 2.75) is 32.4 Å². The molecule has 2 aliphatic heterocycles. The molecule has 1 spiro atoms. The van der Waals surface area contributed by atoms with Crippen molar-refractivity contribution >= 4 is 5.91 Å². The summed E-state index contributed by atoms with van der Waals surface area (Å²) < 4.78 is 40.3. The number of fused-ring (bicyclic) bond motifs is 1. The van der Waals surface area contributed by atoms with Crippen molar-refractivity contribution < 1.29 is 27.8 Å². The van der Waals surface area contributed by atoms with E-state index in [1.807, 2.05) is 0 Å². The van der Waals surface area contributed by atoms with Crippen LogP contribution in [0.4, 0.5) is 8.78 Å². The molecule has 136 valence electrons. The lowest BCUT2D eigenvalue weighted by atomic mass is 9.92. The first kappa shape index (κ1) is 16.4. The maximum Gasteiger partial charge on any atom is 0.387 e. The van der Waals surface area contributed by atoms with Crippen LogP contribution in [-0.2, 0) is 11.3 Å². The van der Waals surface area contributed by atoms with Gasteiger partial charge in [0.25, 0.3) is 0 Å². The SMILES string of the molecule is O=C(NCc1cc2c(cc1OC(F)F)OCO2)C1CC12CCNCC2. The largest absolute Gasteiger partial charge is 0.454 e. The van der Waals surface area contributed by atoms with Crippen molar-refractivity contribution in [3.8, 4) is 17.2 Å². The molecule has 1 aromatic carbocycles. The fraction of sp³-hybridized carbons (Fsp3) is 0.588. The van der Waals surface area contributed by atoms with E-state index in [1.54, 1.807) is 6.07 Å². The van der Waals surface area contributed by atoms with Crippen molar-refractivity contribution in [2.24, 2.45) is 11.3 Å². The van der Waals surface area contributed by atoms with Crippen LogP contribution in [0.1, 0.15) is 24.8 Å². The average Bonchev–Trinajstić information content (AvgIpc) is 3.08. The minimum Gasteiger partial charge on any atom is -0.454 e. The Morgan fingerprint density at radius 2 is 2.04 bits per heavy atom. The van der Waals surface area contributed by atoms with Gasteiger partial charge in [-0.05, 0) is 43.8 Å².